The van der Waals surface area contributed by atoms with Crippen molar-refractivity contribution in [2.75, 3.05) is 20.1 Å². The summed E-state index contributed by atoms with van der Waals surface area (Å²) < 4.78 is 0. The molecule has 20 heavy (non-hydrogen) atoms. The Morgan fingerprint density at radius 3 is 3.00 bits per heavy atom. The van der Waals surface area contributed by atoms with Crippen molar-refractivity contribution in [3.8, 4) is 0 Å². The first-order valence-electron chi connectivity index (χ1n) is 7.70. The molecule has 1 amide bonds. The van der Waals surface area contributed by atoms with Crippen molar-refractivity contribution in [3.63, 3.8) is 0 Å². The van der Waals surface area contributed by atoms with Crippen LogP contribution >= 0.6 is 0 Å². The van der Waals surface area contributed by atoms with Crippen LogP contribution in [0, 0.1) is 6.92 Å². The van der Waals surface area contributed by atoms with E-state index in [4.69, 9.17) is 0 Å². The van der Waals surface area contributed by atoms with Crippen LogP contribution in [0.25, 0.3) is 0 Å². The third kappa shape index (κ3) is 4.07. The molecule has 110 valence electrons. The van der Waals surface area contributed by atoms with Gasteiger partial charge in [0.2, 0.25) is 5.91 Å². The number of likely N-dealkylation sites (tertiary alicyclic amines) is 1. The average Bonchev–Trinajstić information content (AvgIpc) is 2.45. The van der Waals surface area contributed by atoms with Crippen LogP contribution in [0.5, 0.6) is 0 Å². The Bertz CT molecular complexity index is 444. The highest BCUT2D eigenvalue weighted by Crippen LogP contribution is 2.20. The first kappa shape index (κ1) is 15.0. The van der Waals surface area contributed by atoms with E-state index >= 15 is 0 Å². The van der Waals surface area contributed by atoms with E-state index in [0.29, 0.717) is 12.5 Å². The molecule has 1 aliphatic heterocycles. The topological polar surface area (TPSA) is 32.3 Å². The second-order valence-corrected chi connectivity index (χ2v) is 5.79. The molecule has 1 heterocycles. The van der Waals surface area contributed by atoms with Gasteiger partial charge in [0.05, 0.1) is 6.42 Å². The fourth-order valence-electron chi connectivity index (χ4n) is 3.04. The zero-order valence-corrected chi connectivity index (χ0v) is 12.7. The van der Waals surface area contributed by atoms with Crippen LogP contribution in [-0.4, -0.2) is 37.0 Å². The van der Waals surface area contributed by atoms with Crippen molar-refractivity contribution >= 4 is 5.91 Å². The quantitative estimate of drug-likeness (QED) is 0.895. The molecule has 0 aromatic heterocycles. The zero-order valence-electron chi connectivity index (χ0n) is 12.7. The summed E-state index contributed by atoms with van der Waals surface area (Å²) in [5.41, 5.74) is 2.36. The predicted octanol–water partition coefficient (Wildman–Crippen LogP) is 2.53. The normalized spacial score (nSPS) is 19.1. The number of nitrogens with one attached hydrogen (secondary N) is 1. The van der Waals surface area contributed by atoms with Gasteiger partial charge in [0.25, 0.3) is 0 Å². The molecule has 1 aliphatic rings. The minimum atomic E-state index is 0.288. The maximum atomic E-state index is 12.6. The van der Waals surface area contributed by atoms with Gasteiger partial charge in [0, 0.05) is 12.6 Å². The standard InChI is InChI=1S/C17H26N2O/c1-14-6-5-7-15(12-14)13-17(20)19-11-4-3-8-16(19)9-10-18-2/h5-7,12,16,18H,3-4,8-11,13H2,1-2H3. The third-order valence-electron chi connectivity index (χ3n) is 4.11. The van der Waals surface area contributed by atoms with Crippen molar-refractivity contribution in [2.45, 2.75) is 45.1 Å². The van der Waals surface area contributed by atoms with Gasteiger partial charge >= 0.3 is 0 Å². The summed E-state index contributed by atoms with van der Waals surface area (Å²) in [5, 5.41) is 3.19. The van der Waals surface area contributed by atoms with E-state index in [2.05, 4.69) is 35.3 Å². The van der Waals surface area contributed by atoms with Gasteiger partial charge in [0.15, 0.2) is 0 Å². The summed E-state index contributed by atoms with van der Waals surface area (Å²) in [6.45, 7) is 3.99. The maximum Gasteiger partial charge on any atom is 0.227 e. The van der Waals surface area contributed by atoms with Crippen LogP contribution < -0.4 is 5.32 Å². The summed E-state index contributed by atoms with van der Waals surface area (Å²) >= 11 is 0. The lowest BCUT2D eigenvalue weighted by molar-refractivity contribution is -0.134. The molecule has 0 saturated carbocycles. The molecule has 0 spiro atoms. The van der Waals surface area contributed by atoms with Gasteiger partial charge in [-0.15, -0.1) is 0 Å². The molecule has 1 aromatic rings. The molecule has 1 N–H and O–H groups in total. The molecule has 0 bridgehead atoms. The van der Waals surface area contributed by atoms with Gasteiger partial charge < -0.3 is 10.2 Å². The van der Waals surface area contributed by atoms with Crippen molar-refractivity contribution in [1.82, 2.24) is 10.2 Å². The maximum absolute atomic E-state index is 12.6. The second-order valence-electron chi connectivity index (χ2n) is 5.79. The Morgan fingerprint density at radius 1 is 1.40 bits per heavy atom. The number of hydrogen-bond acceptors (Lipinski definition) is 2. The Labute approximate surface area is 122 Å². The van der Waals surface area contributed by atoms with Crippen molar-refractivity contribution < 1.29 is 4.79 Å². The number of piperidine rings is 1. The van der Waals surface area contributed by atoms with Crippen LogP contribution in [0.4, 0.5) is 0 Å². The van der Waals surface area contributed by atoms with Crippen molar-refractivity contribution in [3.05, 3.63) is 35.4 Å². The molecule has 1 aromatic carbocycles. The largest absolute Gasteiger partial charge is 0.339 e. The third-order valence-corrected chi connectivity index (χ3v) is 4.11. The first-order chi connectivity index (χ1) is 9.70. The number of aryl methyl sites for hydroxylation is 1. The summed E-state index contributed by atoms with van der Waals surface area (Å²) in [6, 6.07) is 8.70. The zero-order chi connectivity index (χ0) is 14.4. The molecular formula is C17H26N2O. The van der Waals surface area contributed by atoms with E-state index in [1.54, 1.807) is 0 Å². The summed E-state index contributed by atoms with van der Waals surface area (Å²) in [7, 11) is 1.97. The van der Waals surface area contributed by atoms with E-state index in [9.17, 15) is 4.79 Å². The van der Waals surface area contributed by atoms with Crippen LogP contribution in [0.15, 0.2) is 24.3 Å². The number of nitrogens with zero attached hydrogens (tertiary/aromatic N) is 1. The lowest BCUT2D eigenvalue weighted by atomic mass is 9.98. The molecule has 3 heteroatoms. The SMILES string of the molecule is CNCCC1CCCCN1C(=O)Cc1cccc(C)c1. The van der Waals surface area contributed by atoms with E-state index in [1.807, 2.05) is 13.1 Å². The van der Waals surface area contributed by atoms with E-state index in [-0.39, 0.29) is 5.91 Å². The molecule has 1 saturated heterocycles. The fourth-order valence-corrected chi connectivity index (χ4v) is 3.04. The van der Waals surface area contributed by atoms with Gasteiger partial charge in [-0.3, -0.25) is 4.79 Å². The molecule has 1 fully saturated rings. The van der Waals surface area contributed by atoms with Crippen LogP contribution in [0.3, 0.4) is 0 Å². The molecule has 2 rings (SSSR count). The fraction of sp³-hybridized carbons (Fsp3) is 0.588. The minimum absolute atomic E-state index is 0.288. The average molecular weight is 274 g/mol. The Hall–Kier alpha value is -1.35. The highest BCUT2D eigenvalue weighted by molar-refractivity contribution is 5.79. The summed E-state index contributed by atoms with van der Waals surface area (Å²) in [6.07, 6.45) is 5.16. The molecule has 0 aliphatic carbocycles. The van der Waals surface area contributed by atoms with Gasteiger partial charge in [-0.1, -0.05) is 29.8 Å². The smallest absolute Gasteiger partial charge is 0.227 e. The van der Waals surface area contributed by atoms with E-state index in [0.717, 1.165) is 37.9 Å². The first-order valence-corrected chi connectivity index (χ1v) is 7.70. The lowest BCUT2D eigenvalue weighted by Crippen LogP contribution is -2.45. The molecule has 1 unspecified atom stereocenters. The van der Waals surface area contributed by atoms with Crippen LogP contribution in [0.1, 0.15) is 36.8 Å². The van der Waals surface area contributed by atoms with Gasteiger partial charge in [-0.25, -0.2) is 0 Å². The second kappa shape index (κ2) is 7.44. The summed E-state index contributed by atoms with van der Waals surface area (Å²) in [4.78, 5) is 14.7. The number of carbonyl (C=O) groups excluding carboxylic acids is 1. The number of carbonyl (C=O) groups is 1. The number of hydrogen-bond donors (Lipinski definition) is 1. The van der Waals surface area contributed by atoms with Gasteiger partial charge in [-0.2, -0.15) is 0 Å². The Kier molecular flexibility index (Phi) is 5.60. The number of rotatable bonds is 5. The van der Waals surface area contributed by atoms with Gasteiger partial charge in [-0.05, 0) is 51.8 Å². The molecule has 1 atom stereocenters. The number of amides is 1. The molecular weight excluding hydrogens is 248 g/mol. The van der Waals surface area contributed by atoms with Crippen molar-refractivity contribution in [2.24, 2.45) is 0 Å². The highest BCUT2D eigenvalue weighted by atomic mass is 16.2. The highest BCUT2D eigenvalue weighted by Gasteiger charge is 2.25. The Morgan fingerprint density at radius 2 is 2.25 bits per heavy atom. The number of benzene rings is 1. The van der Waals surface area contributed by atoms with Crippen molar-refractivity contribution in [1.29, 1.82) is 0 Å². The molecule has 3 nitrogen and oxygen atoms in total. The lowest BCUT2D eigenvalue weighted by Gasteiger charge is -2.36. The molecule has 0 radical (unpaired) electrons. The van der Waals surface area contributed by atoms with Crippen LogP contribution in [-0.2, 0) is 11.2 Å². The van der Waals surface area contributed by atoms with Crippen LogP contribution in [0.2, 0.25) is 0 Å². The summed E-state index contributed by atoms with van der Waals surface area (Å²) in [5.74, 6) is 0.288. The van der Waals surface area contributed by atoms with E-state index in [1.165, 1.54) is 12.0 Å². The predicted molar refractivity (Wildman–Crippen MR) is 82.8 cm³/mol. The monoisotopic (exact) mass is 274 g/mol. The Balaban J connectivity index is 1.98. The minimum Gasteiger partial charge on any atom is -0.339 e. The van der Waals surface area contributed by atoms with E-state index < -0.39 is 0 Å². The van der Waals surface area contributed by atoms with Gasteiger partial charge in [0.1, 0.15) is 0 Å².